The first-order chi connectivity index (χ1) is 22.7. The number of hydrogen-bond acceptors (Lipinski definition) is 6. The summed E-state index contributed by atoms with van der Waals surface area (Å²) in [5.74, 6) is -0.0240. The highest BCUT2D eigenvalue weighted by Gasteiger charge is 2.52. The van der Waals surface area contributed by atoms with Gasteiger partial charge in [-0.25, -0.2) is 8.78 Å². The average molecular weight is 677 g/mol. The van der Waals surface area contributed by atoms with E-state index in [9.17, 15) is 9.50 Å². The van der Waals surface area contributed by atoms with E-state index >= 15 is 4.39 Å². The third-order valence-electron chi connectivity index (χ3n) is 9.80. The van der Waals surface area contributed by atoms with E-state index in [0.29, 0.717) is 11.5 Å². The fourth-order valence-corrected chi connectivity index (χ4v) is 7.25. The molecule has 9 heteroatoms. The van der Waals surface area contributed by atoms with E-state index in [1.54, 1.807) is 21.1 Å². The Hall–Kier alpha value is -3.60. The Kier molecular flexibility index (Phi) is 10.5. The molecule has 4 aromatic carbocycles. The molecule has 1 saturated heterocycles. The van der Waals surface area contributed by atoms with Crippen molar-refractivity contribution in [2.45, 2.75) is 75.8 Å². The molecule has 48 heavy (non-hydrogen) atoms. The summed E-state index contributed by atoms with van der Waals surface area (Å²) in [5.41, 5.74) is 1.74. The summed E-state index contributed by atoms with van der Waals surface area (Å²) in [6.45, 7) is 11.9. The van der Waals surface area contributed by atoms with Crippen LogP contribution in [0.1, 0.15) is 54.7 Å². The van der Waals surface area contributed by atoms with Crippen LogP contribution in [0, 0.1) is 18.6 Å². The van der Waals surface area contributed by atoms with Gasteiger partial charge in [-0.1, -0.05) is 75.4 Å². The average Bonchev–Trinajstić information content (AvgIpc) is 3.37. The summed E-state index contributed by atoms with van der Waals surface area (Å²) in [6.07, 6.45) is -3.98. The number of aliphatic hydroxyl groups is 1. The Morgan fingerprint density at radius 3 is 1.79 bits per heavy atom. The number of hydrogen-bond donors (Lipinski definition) is 1. The molecule has 5 rings (SSSR count). The van der Waals surface area contributed by atoms with Crippen molar-refractivity contribution < 1.29 is 37.3 Å². The van der Waals surface area contributed by atoms with E-state index < -0.39 is 50.0 Å². The molecule has 0 aromatic heterocycles. The standard InChI is InChI=1S/C39H46F2O6Si/c1-25-22-31(33(41)23-32(25)40)36-37(47-48(7,8)38(2,3)4)35(42)34(46-36)24-45-39(26-12-10-9-11-13-26,27-14-18-29(43-5)19-15-27)28-16-20-30(44-6)21-17-28/h9-23,34-37,42H,24H2,1-8H3/t34-,35+,36+,37?/m1/s1. The smallest absolute Gasteiger partial charge is 0.192 e. The van der Waals surface area contributed by atoms with Crippen molar-refractivity contribution in [1.82, 2.24) is 0 Å². The van der Waals surface area contributed by atoms with Gasteiger partial charge in [0.05, 0.1) is 20.8 Å². The molecule has 0 radical (unpaired) electrons. The zero-order valence-electron chi connectivity index (χ0n) is 28.9. The second-order valence-electron chi connectivity index (χ2n) is 13.9. The topological polar surface area (TPSA) is 66.4 Å². The molecule has 0 saturated carbocycles. The fourth-order valence-electron chi connectivity index (χ4n) is 5.95. The lowest BCUT2D eigenvalue weighted by Gasteiger charge is -2.40. The van der Waals surface area contributed by atoms with Crippen LogP contribution in [0.3, 0.4) is 0 Å². The van der Waals surface area contributed by atoms with E-state index in [4.69, 9.17) is 23.4 Å². The van der Waals surface area contributed by atoms with E-state index in [-0.39, 0.29) is 22.8 Å². The molecule has 0 amide bonds. The molecule has 4 atom stereocenters. The van der Waals surface area contributed by atoms with E-state index in [1.165, 1.54) is 6.07 Å². The minimum absolute atomic E-state index is 0.0796. The van der Waals surface area contributed by atoms with E-state index in [0.717, 1.165) is 22.8 Å². The number of aliphatic hydroxyl groups excluding tert-OH is 1. The summed E-state index contributed by atoms with van der Waals surface area (Å²) in [5, 5.41) is 11.7. The summed E-state index contributed by atoms with van der Waals surface area (Å²) in [6, 6.07) is 27.4. The number of aryl methyl sites for hydroxylation is 1. The van der Waals surface area contributed by atoms with Gasteiger partial charge in [-0.3, -0.25) is 0 Å². The predicted molar refractivity (Wildman–Crippen MR) is 185 cm³/mol. The van der Waals surface area contributed by atoms with Crippen LogP contribution in [0.2, 0.25) is 18.1 Å². The highest BCUT2D eigenvalue weighted by Crippen LogP contribution is 2.46. The quantitative estimate of drug-likeness (QED) is 0.127. The van der Waals surface area contributed by atoms with Gasteiger partial charge >= 0.3 is 0 Å². The Morgan fingerprint density at radius 1 is 0.771 bits per heavy atom. The highest BCUT2D eigenvalue weighted by atomic mass is 28.4. The molecular weight excluding hydrogens is 631 g/mol. The lowest BCUT2D eigenvalue weighted by Crippen LogP contribution is -2.48. The molecule has 256 valence electrons. The molecule has 1 heterocycles. The van der Waals surface area contributed by atoms with Gasteiger partial charge in [-0.15, -0.1) is 0 Å². The third kappa shape index (κ3) is 6.93. The normalized spacial score (nSPS) is 20.1. The summed E-state index contributed by atoms with van der Waals surface area (Å²) < 4.78 is 61.0. The minimum Gasteiger partial charge on any atom is -0.497 e. The fraction of sp³-hybridized carbons (Fsp3) is 0.385. The molecule has 0 aliphatic carbocycles. The molecule has 6 nitrogen and oxygen atoms in total. The van der Waals surface area contributed by atoms with Gasteiger partial charge in [0, 0.05) is 11.6 Å². The number of halogens is 2. The second-order valence-corrected chi connectivity index (χ2v) is 18.6. The van der Waals surface area contributed by atoms with Crippen LogP contribution in [-0.4, -0.2) is 52.6 Å². The molecule has 1 fully saturated rings. The zero-order valence-corrected chi connectivity index (χ0v) is 29.9. The Balaban J connectivity index is 1.60. The van der Waals surface area contributed by atoms with Crippen LogP contribution < -0.4 is 9.47 Å². The number of rotatable bonds is 11. The van der Waals surface area contributed by atoms with Crippen molar-refractivity contribution in [3.05, 3.63) is 130 Å². The second kappa shape index (κ2) is 14.1. The maximum absolute atomic E-state index is 15.4. The summed E-state index contributed by atoms with van der Waals surface area (Å²) >= 11 is 0. The van der Waals surface area contributed by atoms with E-state index in [2.05, 4.69) is 33.9 Å². The molecule has 4 aromatic rings. The van der Waals surface area contributed by atoms with Gasteiger partial charge in [0.15, 0.2) is 8.32 Å². The SMILES string of the molecule is COc1ccc(C(OC[C@H]2O[C@@H](c3cc(C)c(F)cc3F)C(O[Si](C)(C)C(C)(C)C)[C@H]2O)(c2ccccc2)c2ccc(OC)cc2)cc1. The van der Waals surface area contributed by atoms with Crippen LogP contribution in [-0.2, 0) is 19.5 Å². The van der Waals surface area contributed by atoms with Gasteiger partial charge in [0.1, 0.15) is 53.2 Å². The van der Waals surface area contributed by atoms with E-state index in [1.807, 2.05) is 78.9 Å². The van der Waals surface area contributed by atoms with Crippen LogP contribution >= 0.6 is 0 Å². The molecule has 1 N–H and O–H groups in total. The molecule has 1 aliphatic rings. The minimum atomic E-state index is -2.49. The number of benzene rings is 4. The van der Waals surface area contributed by atoms with Crippen molar-refractivity contribution in [3.63, 3.8) is 0 Å². The van der Waals surface area contributed by atoms with Gasteiger partial charge < -0.3 is 28.5 Å². The molecule has 1 aliphatic heterocycles. The first kappa shape index (κ1) is 35.7. The van der Waals surface area contributed by atoms with Crippen molar-refractivity contribution in [2.75, 3.05) is 20.8 Å². The lowest BCUT2D eigenvalue weighted by molar-refractivity contribution is -0.0831. The molecule has 0 bridgehead atoms. The highest BCUT2D eigenvalue weighted by molar-refractivity contribution is 6.74. The van der Waals surface area contributed by atoms with Crippen LogP contribution in [0.15, 0.2) is 91.0 Å². The maximum Gasteiger partial charge on any atom is 0.192 e. The first-order valence-corrected chi connectivity index (χ1v) is 19.1. The zero-order chi connectivity index (χ0) is 34.9. The molecule has 1 unspecified atom stereocenters. The Bertz CT molecular complexity index is 1620. The van der Waals surface area contributed by atoms with Crippen molar-refractivity contribution >= 4 is 8.32 Å². The Morgan fingerprint density at radius 2 is 1.29 bits per heavy atom. The predicted octanol–water partition coefficient (Wildman–Crippen LogP) is 8.49. The van der Waals surface area contributed by atoms with Crippen molar-refractivity contribution in [3.8, 4) is 11.5 Å². The Labute approximate surface area is 283 Å². The summed E-state index contributed by atoms with van der Waals surface area (Å²) in [7, 11) is 0.732. The van der Waals surface area contributed by atoms with Crippen molar-refractivity contribution in [1.29, 1.82) is 0 Å². The maximum atomic E-state index is 15.4. The number of ether oxygens (including phenoxy) is 4. The van der Waals surface area contributed by atoms with Gasteiger partial charge in [0.25, 0.3) is 0 Å². The van der Waals surface area contributed by atoms with Gasteiger partial charge in [-0.05, 0) is 77.6 Å². The van der Waals surface area contributed by atoms with Crippen LogP contribution in [0.5, 0.6) is 11.5 Å². The van der Waals surface area contributed by atoms with Gasteiger partial charge in [0.2, 0.25) is 0 Å². The van der Waals surface area contributed by atoms with Gasteiger partial charge in [-0.2, -0.15) is 0 Å². The monoisotopic (exact) mass is 676 g/mol. The first-order valence-electron chi connectivity index (χ1n) is 16.2. The summed E-state index contributed by atoms with van der Waals surface area (Å²) in [4.78, 5) is 0. The van der Waals surface area contributed by atoms with Crippen LogP contribution in [0.4, 0.5) is 8.78 Å². The third-order valence-corrected chi connectivity index (χ3v) is 14.3. The number of methoxy groups -OCH3 is 2. The molecular formula is C39H46F2O6Si. The lowest BCUT2D eigenvalue weighted by atomic mass is 9.80. The largest absolute Gasteiger partial charge is 0.497 e. The molecule has 0 spiro atoms. The van der Waals surface area contributed by atoms with Crippen LogP contribution in [0.25, 0.3) is 0 Å². The van der Waals surface area contributed by atoms with Crippen molar-refractivity contribution in [2.24, 2.45) is 0 Å².